The van der Waals surface area contributed by atoms with Crippen LogP contribution in [-0.2, 0) is 4.79 Å². The fourth-order valence-electron chi connectivity index (χ4n) is 3.18. The first-order valence-electron chi connectivity index (χ1n) is 9.34. The monoisotopic (exact) mass is 476 g/mol. The summed E-state index contributed by atoms with van der Waals surface area (Å²) in [5.41, 5.74) is 2.56. The Morgan fingerprint density at radius 2 is 1.77 bits per heavy atom. The number of rotatable bonds is 5. The van der Waals surface area contributed by atoms with Gasteiger partial charge in [0, 0.05) is 10.0 Å². The van der Waals surface area contributed by atoms with Crippen molar-refractivity contribution in [3.05, 3.63) is 99.7 Å². The molecule has 154 valence electrons. The highest BCUT2D eigenvalue weighted by Crippen LogP contribution is 2.30. The van der Waals surface area contributed by atoms with Gasteiger partial charge in [-0.25, -0.2) is 9.79 Å². The van der Waals surface area contributed by atoms with E-state index in [0.717, 1.165) is 10.0 Å². The van der Waals surface area contributed by atoms with E-state index in [0.29, 0.717) is 22.8 Å². The van der Waals surface area contributed by atoms with E-state index in [-0.39, 0.29) is 17.2 Å². The summed E-state index contributed by atoms with van der Waals surface area (Å²) in [6, 6.07) is 21.0. The fourth-order valence-corrected chi connectivity index (χ4v) is 3.57. The number of halogens is 1. The van der Waals surface area contributed by atoms with E-state index in [9.17, 15) is 9.59 Å². The molecular weight excluding hydrogens is 460 g/mol. The molecule has 1 N–H and O–H groups in total. The molecule has 0 fully saturated rings. The molecule has 0 radical (unpaired) electrons. The topological polar surface area (TPSA) is 79.2 Å². The lowest BCUT2D eigenvalue weighted by atomic mass is 10.1. The lowest BCUT2D eigenvalue weighted by Crippen LogP contribution is -2.32. The third-order valence-electron chi connectivity index (χ3n) is 4.74. The van der Waals surface area contributed by atoms with Gasteiger partial charge in [-0.2, -0.15) is 0 Å². The molecule has 1 aliphatic rings. The first-order chi connectivity index (χ1) is 15.0. The quantitative estimate of drug-likeness (QED) is 0.526. The molecule has 0 saturated heterocycles. The second kappa shape index (κ2) is 8.57. The zero-order valence-corrected chi connectivity index (χ0v) is 18.0. The van der Waals surface area contributed by atoms with E-state index in [1.165, 1.54) is 12.1 Å². The number of nitrogens with zero attached hydrogens (tertiary/aromatic N) is 2. The number of amidine groups is 1. The Balaban J connectivity index is 1.78. The number of aromatic carboxylic acids is 1. The van der Waals surface area contributed by atoms with E-state index < -0.39 is 5.97 Å². The average molecular weight is 477 g/mol. The number of benzene rings is 3. The van der Waals surface area contributed by atoms with Crippen LogP contribution >= 0.6 is 15.9 Å². The van der Waals surface area contributed by atoms with Crippen LogP contribution in [0.25, 0.3) is 6.08 Å². The van der Waals surface area contributed by atoms with Crippen LogP contribution in [0.2, 0.25) is 0 Å². The zero-order chi connectivity index (χ0) is 22.0. The number of hydrogen-bond acceptors (Lipinski definition) is 4. The summed E-state index contributed by atoms with van der Waals surface area (Å²) in [7, 11) is 1.59. The summed E-state index contributed by atoms with van der Waals surface area (Å²) >= 11 is 3.45. The molecule has 6 nitrogen and oxygen atoms in total. The number of hydrogen-bond donors (Lipinski definition) is 1. The molecule has 0 unspecified atom stereocenters. The van der Waals surface area contributed by atoms with Crippen LogP contribution in [0.3, 0.4) is 0 Å². The van der Waals surface area contributed by atoms with Crippen LogP contribution in [-0.4, -0.2) is 29.9 Å². The van der Waals surface area contributed by atoms with Gasteiger partial charge in [-0.15, -0.1) is 0 Å². The first kappa shape index (κ1) is 20.6. The maximum absolute atomic E-state index is 13.3. The van der Waals surface area contributed by atoms with Crippen LogP contribution in [0, 0.1) is 0 Å². The van der Waals surface area contributed by atoms with Crippen LogP contribution < -0.4 is 9.64 Å². The lowest BCUT2D eigenvalue weighted by Gasteiger charge is -2.19. The molecule has 1 amide bonds. The Kier molecular flexibility index (Phi) is 5.68. The maximum atomic E-state index is 13.3. The second-order valence-corrected chi connectivity index (χ2v) is 7.66. The number of amides is 1. The van der Waals surface area contributed by atoms with Gasteiger partial charge in [0.1, 0.15) is 17.3 Å². The molecule has 0 bridgehead atoms. The molecule has 3 aromatic rings. The van der Waals surface area contributed by atoms with Crippen molar-refractivity contribution >= 4 is 45.4 Å². The highest BCUT2D eigenvalue weighted by atomic mass is 79.9. The number of carbonyl (C=O) groups excluding carboxylic acids is 1. The molecule has 7 heteroatoms. The van der Waals surface area contributed by atoms with Crippen molar-refractivity contribution in [1.82, 2.24) is 0 Å². The molecule has 1 heterocycles. The van der Waals surface area contributed by atoms with Crippen molar-refractivity contribution in [2.45, 2.75) is 0 Å². The van der Waals surface area contributed by atoms with Gasteiger partial charge in [0.05, 0.1) is 18.4 Å². The van der Waals surface area contributed by atoms with Gasteiger partial charge in [0.2, 0.25) is 0 Å². The van der Waals surface area contributed by atoms with Gasteiger partial charge in [0.25, 0.3) is 5.91 Å². The Morgan fingerprint density at radius 3 is 2.39 bits per heavy atom. The number of carboxylic acid groups (broad SMARTS) is 1. The number of methoxy groups -OCH3 is 1. The predicted molar refractivity (Wildman–Crippen MR) is 123 cm³/mol. The molecule has 0 saturated carbocycles. The minimum Gasteiger partial charge on any atom is -0.497 e. The van der Waals surface area contributed by atoms with Crippen LogP contribution in [0.1, 0.15) is 21.5 Å². The van der Waals surface area contributed by atoms with Gasteiger partial charge >= 0.3 is 5.97 Å². The molecule has 4 rings (SSSR count). The zero-order valence-electron chi connectivity index (χ0n) is 16.4. The number of ether oxygens (including phenoxy) is 1. The Labute approximate surface area is 187 Å². The van der Waals surface area contributed by atoms with E-state index in [2.05, 4.69) is 20.9 Å². The van der Waals surface area contributed by atoms with E-state index in [1.54, 1.807) is 30.2 Å². The number of anilines is 1. The van der Waals surface area contributed by atoms with Gasteiger partial charge < -0.3 is 9.84 Å². The largest absolute Gasteiger partial charge is 0.497 e. The summed E-state index contributed by atoms with van der Waals surface area (Å²) in [4.78, 5) is 30.6. The normalized spacial score (nSPS) is 14.6. The standard InChI is InChI=1S/C24H17BrN2O4/c1-31-20-11-9-16(10-12-20)22-26-21(13-15-5-7-17(8-6-15)24(29)30)23(28)27(22)19-4-2-3-18(25)14-19/h2-14H,1H3,(H,29,30)/b21-13+. The molecule has 3 aromatic carbocycles. The molecule has 0 aromatic heterocycles. The molecule has 0 atom stereocenters. The highest BCUT2D eigenvalue weighted by Gasteiger charge is 2.32. The summed E-state index contributed by atoms with van der Waals surface area (Å²) in [5, 5.41) is 9.07. The molecule has 0 spiro atoms. The smallest absolute Gasteiger partial charge is 0.335 e. The third-order valence-corrected chi connectivity index (χ3v) is 5.23. The van der Waals surface area contributed by atoms with Crippen LogP contribution in [0.5, 0.6) is 5.75 Å². The Morgan fingerprint density at radius 1 is 1.06 bits per heavy atom. The number of carboxylic acids is 1. The van der Waals surface area contributed by atoms with Crippen molar-refractivity contribution in [2.24, 2.45) is 4.99 Å². The predicted octanol–water partition coefficient (Wildman–Crippen LogP) is 4.99. The van der Waals surface area contributed by atoms with Gasteiger partial charge in [-0.3, -0.25) is 9.69 Å². The number of carbonyl (C=O) groups is 2. The third kappa shape index (κ3) is 4.27. The first-order valence-corrected chi connectivity index (χ1v) is 10.1. The van der Waals surface area contributed by atoms with Crippen LogP contribution in [0.4, 0.5) is 5.69 Å². The van der Waals surface area contributed by atoms with E-state index in [1.807, 2.05) is 48.5 Å². The van der Waals surface area contributed by atoms with Gasteiger partial charge in [-0.1, -0.05) is 34.1 Å². The van der Waals surface area contributed by atoms with E-state index >= 15 is 0 Å². The second-order valence-electron chi connectivity index (χ2n) is 6.74. The average Bonchev–Trinajstić information content (AvgIpc) is 3.10. The molecule has 0 aliphatic carbocycles. The summed E-state index contributed by atoms with van der Waals surface area (Å²) < 4.78 is 6.07. The van der Waals surface area contributed by atoms with Crippen molar-refractivity contribution in [3.8, 4) is 5.75 Å². The SMILES string of the molecule is COc1ccc(C2=N/C(=C/c3ccc(C(=O)O)cc3)C(=O)N2c2cccc(Br)c2)cc1. The molecule has 1 aliphatic heterocycles. The Hall–Kier alpha value is -3.71. The lowest BCUT2D eigenvalue weighted by molar-refractivity contribution is -0.113. The number of aliphatic imine (C=N–C) groups is 1. The minimum atomic E-state index is -1.00. The molecular formula is C24H17BrN2O4. The van der Waals surface area contributed by atoms with E-state index in [4.69, 9.17) is 9.84 Å². The van der Waals surface area contributed by atoms with Crippen molar-refractivity contribution in [1.29, 1.82) is 0 Å². The van der Waals surface area contributed by atoms with Crippen molar-refractivity contribution < 1.29 is 19.4 Å². The maximum Gasteiger partial charge on any atom is 0.335 e. The minimum absolute atomic E-state index is 0.179. The highest BCUT2D eigenvalue weighted by molar-refractivity contribution is 9.10. The van der Waals surface area contributed by atoms with Gasteiger partial charge in [0.15, 0.2) is 0 Å². The molecule has 31 heavy (non-hydrogen) atoms. The van der Waals surface area contributed by atoms with Crippen molar-refractivity contribution in [3.63, 3.8) is 0 Å². The summed E-state index contributed by atoms with van der Waals surface area (Å²) in [6.07, 6.45) is 1.65. The van der Waals surface area contributed by atoms with Gasteiger partial charge in [-0.05, 0) is 66.2 Å². The fraction of sp³-hybridized carbons (Fsp3) is 0.0417. The van der Waals surface area contributed by atoms with Crippen LogP contribution in [0.15, 0.2) is 88.0 Å². The summed E-state index contributed by atoms with van der Waals surface area (Å²) in [5.74, 6) is -0.0702. The van der Waals surface area contributed by atoms with Crippen molar-refractivity contribution in [2.75, 3.05) is 12.0 Å². The Bertz CT molecular complexity index is 1220. The summed E-state index contributed by atoms with van der Waals surface area (Å²) in [6.45, 7) is 0.